The molecule has 0 aliphatic heterocycles. The van der Waals surface area contributed by atoms with Crippen molar-refractivity contribution in [2.45, 2.75) is 39.7 Å². The van der Waals surface area contributed by atoms with Gasteiger partial charge in [-0.25, -0.2) is 0 Å². The highest BCUT2D eigenvalue weighted by Crippen LogP contribution is 2.42. The molecule has 0 radical (unpaired) electrons. The van der Waals surface area contributed by atoms with Crippen molar-refractivity contribution in [2.75, 3.05) is 0 Å². The summed E-state index contributed by atoms with van der Waals surface area (Å²) in [6.07, 6.45) is 0.585. The molecule has 0 aromatic heterocycles. The van der Waals surface area contributed by atoms with Crippen LogP contribution in [-0.4, -0.2) is 22.3 Å². The normalized spacial score (nSPS) is 34.9. The number of rotatable bonds is 1. The highest BCUT2D eigenvalue weighted by atomic mass is 16.4. The van der Waals surface area contributed by atoms with Gasteiger partial charge in [0.05, 0.1) is 12.0 Å². The van der Waals surface area contributed by atoms with Crippen molar-refractivity contribution in [3.8, 4) is 0 Å². The van der Waals surface area contributed by atoms with Crippen molar-refractivity contribution in [3.05, 3.63) is 0 Å². The van der Waals surface area contributed by atoms with Gasteiger partial charge in [0.15, 0.2) is 0 Å². The highest BCUT2D eigenvalue weighted by molar-refractivity contribution is 5.71. The molecule has 13 heavy (non-hydrogen) atoms. The summed E-state index contributed by atoms with van der Waals surface area (Å²) in [4.78, 5) is 10.7. The number of carbonyl (C=O) groups is 1. The minimum atomic E-state index is -0.862. The van der Waals surface area contributed by atoms with E-state index < -0.39 is 18.0 Å². The van der Waals surface area contributed by atoms with E-state index in [1.807, 2.05) is 0 Å². The number of hydrogen-bond donors (Lipinski definition) is 2. The van der Waals surface area contributed by atoms with Gasteiger partial charge in [-0.1, -0.05) is 20.8 Å². The van der Waals surface area contributed by atoms with Crippen LogP contribution in [0.2, 0.25) is 0 Å². The molecule has 0 saturated heterocycles. The van der Waals surface area contributed by atoms with Crippen LogP contribution in [0, 0.1) is 17.3 Å². The molecule has 1 rings (SSSR count). The van der Waals surface area contributed by atoms with E-state index in [9.17, 15) is 9.90 Å². The second-order valence-electron chi connectivity index (χ2n) is 5.05. The highest BCUT2D eigenvalue weighted by Gasteiger charge is 2.42. The van der Waals surface area contributed by atoms with Crippen LogP contribution in [0.15, 0.2) is 0 Å². The lowest BCUT2D eigenvalue weighted by Crippen LogP contribution is -2.21. The molecule has 2 N–H and O–H groups in total. The number of aliphatic hydroxyl groups excluding tert-OH is 1. The van der Waals surface area contributed by atoms with Gasteiger partial charge in [0, 0.05) is 0 Å². The van der Waals surface area contributed by atoms with Gasteiger partial charge in [-0.2, -0.15) is 0 Å². The van der Waals surface area contributed by atoms with E-state index in [1.165, 1.54) is 0 Å². The Balaban J connectivity index is 2.65. The molecule has 3 heteroatoms. The third kappa shape index (κ3) is 2.21. The Kier molecular flexibility index (Phi) is 2.66. The molecule has 0 aromatic carbocycles. The maximum atomic E-state index is 10.7. The van der Waals surface area contributed by atoms with Crippen LogP contribution in [0.5, 0.6) is 0 Å². The predicted molar refractivity (Wildman–Crippen MR) is 49.3 cm³/mol. The Morgan fingerprint density at radius 2 is 1.85 bits per heavy atom. The van der Waals surface area contributed by atoms with E-state index in [4.69, 9.17) is 5.11 Å². The van der Waals surface area contributed by atoms with Gasteiger partial charge in [-0.05, 0) is 24.2 Å². The molecule has 3 nitrogen and oxygen atoms in total. The first kappa shape index (κ1) is 10.5. The molecule has 1 fully saturated rings. The largest absolute Gasteiger partial charge is 0.481 e. The minimum absolute atomic E-state index is 0.102. The summed E-state index contributed by atoms with van der Waals surface area (Å²) in [7, 11) is 0. The molecule has 0 bridgehead atoms. The van der Waals surface area contributed by atoms with Crippen LogP contribution in [0.3, 0.4) is 0 Å². The zero-order valence-corrected chi connectivity index (χ0v) is 8.45. The summed E-state index contributed by atoms with van der Waals surface area (Å²) < 4.78 is 0. The van der Waals surface area contributed by atoms with E-state index in [2.05, 4.69) is 20.8 Å². The van der Waals surface area contributed by atoms with Crippen molar-refractivity contribution in [3.63, 3.8) is 0 Å². The molecule has 1 saturated carbocycles. The quantitative estimate of drug-likeness (QED) is 0.652. The van der Waals surface area contributed by atoms with Gasteiger partial charge in [0.1, 0.15) is 0 Å². The maximum absolute atomic E-state index is 10.7. The second kappa shape index (κ2) is 3.29. The fourth-order valence-electron chi connectivity index (χ4n) is 1.99. The van der Waals surface area contributed by atoms with Crippen molar-refractivity contribution in [2.24, 2.45) is 17.3 Å². The van der Waals surface area contributed by atoms with E-state index in [-0.39, 0.29) is 5.41 Å². The van der Waals surface area contributed by atoms with Gasteiger partial charge in [-0.15, -0.1) is 0 Å². The Hall–Kier alpha value is -0.570. The molecule has 0 aromatic rings. The molecule has 76 valence electrons. The van der Waals surface area contributed by atoms with Crippen LogP contribution in [-0.2, 0) is 4.79 Å². The van der Waals surface area contributed by atoms with E-state index in [1.54, 1.807) is 0 Å². The summed E-state index contributed by atoms with van der Waals surface area (Å²) in [5.41, 5.74) is 0.102. The molecule has 0 unspecified atom stereocenters. The average molecular weight is 186 g/mol. The third-order valence-electron chi connectivity index (χ3n) is 3.07. The lowest BCUT2D eigenvalue weighted by atomic mass is 9.79. The molecular weight excluding hydrogens is 168 g/mol. The molecule has 0 spiro atoms. The predicted octanol–water partition coefficient (Wildman–Crippen LogP) is 1.50. The summed E-state index contributed by atoms with van der Waals surface area (Å²) in [6, 6.07) is 0. The summed E-state index contributed by atoms with van der Waals surface area (Å²) in [5, 5.41) is 18.3. The standard InChI is InChI=1S/C10H18O3/c1-10(2,3)6-4-7(9(12)13)8(11)5-6/h6-8,11H,4-5H2,1-3H3,(H,12,13)/t6-,7+,8-/m1/s1. The minimum Gasteiger partial charge on any atom is -0.481 e. The van der Waals surface area contributed by atoms with Crippen LogP contribution in [0.25, 0.3) is 0 Å². The zero-order valence-electron chi connectivity index (χ0n) is 8.45. The summed E-state index contributed by atoms with van der Waals surface area (Å²) in [5.74, 6) is -1.09. The van der Waals surface area contributed by atoms with Crippen molar-refractivity contribution in [1.82, 2.24) is 0 Å². The van der Waals surface area contributed by atoms with Crippen molar-refractivity contribution < 1.29 is 15.0 Å². The first-order valence-electron chi connectivity index (χ1n) is 4.73. The van der Waals surface area contributed by atoms with Crippen LogP contribution < -0.4 is 0 Å². The first-order chi connectivity index (χ1) is 5.82. The molecule has 1 aliphatic rings. The molecule has 0 amide bonds. The third-order valence-corrected chi connectivity index (χ3v) is 3.07. The Morgan fingerprint density at radius 1 is 1.31 bits per heavy atom. The number of carboxylic acids is 1. The number of hydrogen-bond acceptors (Lipinski definition) is 2. The fourth-order valence-corrected chi connectivity index (χ4v) is 1.99. The van der Waals surface area contributed by atoms with E-state index in [0.29, 0.717) is 18.8 Å². The Morgan fingerprint density at radius 3 is 2.08 bits per heavy atom. The molecule has 0 heterocycles. The van der Waals surface area contributed by atoms with E-state index >= 15 is 0 Å². The van der Waals surface area contributed by atoms with Gasteiger partial charge >= 0.3 is 5.97 Å². The lowest BCUT2D eigenvalue weighted by molar-refractivity contribution is -0.144. The van der Waals surface area contributed by atoms with Gasteiger partial charge in [0.25, 0.3) is 0 Å². The second-order valence-corrected chi connectivity index (χ2v) is 5.05. The van der Waals surface area contributed by atoms with Crippen LogP contribution >= 0.6 is 0 Å². The summed E-state index contributed by atoms with van der Waals surface area (Å²) in [6.45, 7) is 6.28. The SMILES string of the molecule is CC(C)(C)[C@H]1C[C@@H](O)[C@@H](C(=O)O)C1. The van der Waals surface area contributed by atoms with Crippen LogP contribution in [0.4, 0.5) is 0 Å². The number of aliphatic hydroxyl groups is 1. The maximum Gasteiger partial charge on any atom is 0.309 e. The average Bonchev–Trinajstić information content (AvgIpc) is 2.29. The fraction of sp³-hybridized carbons (Fsp3) is 0.900. The van der Waals surface area contributed by atoms with Gasteiger partial charge in [0.2, 0.25) is 0 Å². The van der Waals surface area contributed by atoms with Gasteiger partial charge in [-0.3, -0.25) is 4.79 Å². The number of aliphatic carboxylic acids is 1. The number of carboxylic acid groups (broad SMARTS) is 1. The smallest absolute Gasteiger partial charge is 0.309 e. The van der Waals surface area contributed by atoms with Gasteiger partial charge < -0.3 is 10.2 Å². The molecular formula is C10H18O3. The first-order valence-corrected chi connectivity index (χ1v) is 4.73. The molecule has 1 aliphatic carbocycles. The van der Waals surface area contributed by atoms with Crippen LogP contribution in [0.1, 0.15) is 33.6 Å². The zero-order chi connectivity index (χ0) is 10.2. The monoisotopic (exact) mass is 186 g/mol. The lowest BCUT2D eigenvalue weighted by Gasteiger charge is -2.26. The molecule has 3 atom stereocenters. The summed E-state index contributed by atoms with van der Waals surface area (Å²) >= 11 is 0. The topological polar surface area (TPSA) is 57.5 Å². The van der Waals surface area contributed by atoms with E-state index in [0.717, 1.165) is 0 Å². The van der Waals surface area contributed by atoms with Crippen molar-refractivity contribution >= 4 is 5.97 Å². The van der Waals surface area contributed by atoms with Crippen molar-refractivity contribution in [1.29, 1.82) is 0 Å². The Labute approximate surface area is 78.8 Å². The Bertz CT molecular complexity index is 205.